The minimum Gasteiger partial charge on any atom is -0.309 e. The predicted molar refractivity (Wildman–Crippen MR) is 71.6 cm³/mol. The van der Waals surface area contributed by atoms with E-state index in [-0.39, 0.29) is 16.1 Å². The molecule has 1 N–H and O–H groups in total. The summed E-state index contributed by atoms with van der Waals surface area (Å²) >= 11 is 5.94. The Bertz CT molecular complexity index is 623. The molecule has 1 aromatic carbocycles. The molecule has 112 valence electrons. The highest BCUT2D eigenvalue weighted by Crippen LogP contribution is 2.38. The lowest BCUT2D eigenvalue weighted by Crippen LogP contribution is -2.23. The van der Waals surface area contributed by atoms with Crippen LogP contribution in [0.3, 0.4) is 0 Å². The molecule has 2 rings (SSSR count). The number of benzene rings is 1. The van der Waals surface area contributed by atoms with Crippen molar-refractivity contribution in [3.05, 3.63) is 64.2 Å². The minimum absolute atomic E-state index is 0.0415. The Hall–Kier alpha value is -1.66. The van der Waals surface area contributed by atoms with Gasteiger partial charge in [-0.15, -0.1) is 0 Å². The fraction of sp³-hybridized carbons (Fsp3) is 0.214. The summed E-state index contributed by atoms with van der Waals surface area (Å²) in [4.78, 5) is 3.71. The number of rotatable bonds is 3. The fourth-order valence-electron chi connectivity index (χ4n) is 2.14. The summed E-state index contributed by atoms with van der Waals surface area (Å²) in [5.74, 6) is -0.682. The number of alkyl halides is 3. The second-order valence-corrected chi connectivity index (χ2v) is 4.72. The molecule has 1 unspecified atom stereocenters. The molecule has 0 fully saturated rings. The van der Waals surface area contributed by atoms with Crippen LogP contribution in [0.15, 0.2) is 36.7 Å². The van der Waals surface area contributed by atoms with E-state index in [4.69, 9.17) is 11.6 Å². The molecular weight excluding hydrogens is 308 g/mol. The van der Waals surface area contributed by atoms with Crippen LogP contribution in [0.2, 0.25) is 5.02 Å². The molecular formula is C14H11ClF4N2. The number of hydrogen-bond donors (Lipinski definition) is 1. The van der Waals surface area contributed by atoms with Crippen molar-refractivity contribution in [2.24, 2.45) is 0 Å². The standard InChI is InChI=1S/C14H11ClF4N2/c1-20-13(12-10(15)3-2-4-11(12)16)8-7-21-6-5-9(8)14(17,18)19/h2-7,13,20H,1H3. The number of halogens is 5. The predicted octanol–water partition coefficient (Wildman–Crippen LogP) is 4.20. The quantitative estimate of drug-likeness (QED) is 0.858. The van der Waals surface area contributed by atoms with Crippen molar-refractivity contribution in [3.8, 4) is 0 Å². The summed E-state index contributed by atoms with van der Waals surface area (Å²) in [6.07, 6.45) is -2.46. The Morgan fingerprint density at radius 2 is 1.95 bits per heavy atom. The van der Waals surface area contributed by atoms with E-state index >= 15 is 0 Å². The minimum atomic E-state index is -4.56. The van der Waals surface area contributed by atoms with Gasteiger partial charge in [-0.25, -0.2) is 4.39 Å². The molecule has 0 radical (unpaired) electrons. The molecule has 0 saturated heterocycles. The van der Waals surface area contributed by atoms with Gasteiger partial charge in [-0.2, -0.15) is 13.2 Å². The summed E-state index contributed by atoms with van der Waals surface area (Å²) in [6.45, 7) is 0. The van der Waals surface area contributed by atoms with Gasteiger partial charge in [-0.3, -0.25) is 4.98 Å². The number of aromatic nitrogens is 1. The van der Waals surface area contributed by atoms with E-state index < -0.39 is 23.6 Å². The van der Waals surface area contributed by atoms with Crippen LogP contribution in [0.25, 0.3) is 0 Å². The van der Waals surface area contributed by atoms with Crippen LogP contribution >= 0.6 is 11.6 Å². The summed E-state index contributed by atoms with van der Waals surface area (Å²) in [5.41, 5.74) is -1.10. The van der Waals surface area contributed by atoms with E-state index in [9.17, 15) is 17.6 Å². The van der Waals surface area contributed by atoms with Gasteiger partial charge in [0, 0.05) is 28.5 Å². The van der Waals surface area contributed by atoms with Gasteiger partial charge in [-0.1, -0.05) is 17.7 Å². The first-order valence-electron chi connectivity index (χ1n) is 5.98. The smallest absolute Gasteiger partial charge is 0.309 e. The molecule has 2 aromatic rings. The highest BCUT2D eigenvalue weighted by atomic mass is 35.5. The first-order valence-corrected chi connectivity index (χ1v) is 6.36. The van der Waals surface area contributed by atoms with Crippen molar-refractivity contribution in [2.75, 3.05) is 7.05 Å². The third-order valence-corrected chi connectivity index (χ3v) is 3.37. The molecule has 0 bridgehead atoms. The normalized spacial score (nSPS) is 13.2. The van der Waals surface area contributed by atoms with E-state index in [1.807, 2.05) is 0 Å². The molecule has 0 aliphatic carbocycles. The second-order valence-electron chi connectivity index (χ2n) is 4.32. The Labute approximate surface area is 123 Å². The van der Waals surface area contributed by atoms with Gasteiger partial charge in [0.2, 0.25) is 0 Å². The van der Waals surface area contributed by atoms with E-state index in [0.717, 1.165) is 24.5 Å². The maximum Gasteiger partial charge on any atom is 0.416 e. The van der Waals surface area contributed by atoms with Crippen molar-refractivity contribution >= 4 is 11.6 Å². The van der Waals surface area contributed by atoms with E-state index in [1.54, 1.807) is 0 Å². The summed E-state index contributed by atoms with van der Waals surface area (Å²) in [6, 6.07) is 3.77. The largest absolute Gasteiger partial charge is 0.416 e. The number of nitrogens with one attached hydrogen (secondary N) is 1. The summed E-state index contributed by atoms with van der Waals surface area (Å²) in [7, 11) is 1.43. The summed E-state index contributed by atoms with van der Waals surface area (Å²) in [5, 5.41) is 2.71. The lowest BCUT2D eigenvalue weighted by molar-refractivity contribution is -0.138. The maximum absolute atomic E-state index is 14.0. The lowest BCUT2D eigenvalue weighted by atomic mass is 9.95. The molecule has 0 spiro atoms. The molecule has 1 aromatic heterocycles. The molecule has 2 nitrogen and oxygen atoms in total. The van der Waals surface area contributed by atoms with Crippen LogP contribution in [0, 0.1) is 5.82 Å². The summed E-state index contributed by atoms with van der Waals surface area (Å²) < 4.78 is 53.2. The highest BCUT2D eigenvalue weighted by Gasteiger charge is 2.36. The molecule has 1 atom stereocenters. The Kier molecular flexibility index (Phi) is 4.49. The van der Waals surface area contributed by atoms with Gasteiger partial charge in [0.1, 0.15) is 5.82 Å². The maximum atomic E-state index is 14.0. The second kappa shape index (κ2) is 5.99. The zero-order valence-corrected chi connectivity index (χ0v) is 11.6. The van der Waals surface area contributed by atoms with Crippen molar-refractivity contribution < 1.29 is 17.6 Å². The van der Waals surface area contributed by atoms with E-state index in [0.29, 0.717) is 0 Å². The van der Waals surface area contributed by atoms with Crippen LogP contribution in [0.1, 0.15) is 22.7 Å². The topological polar surface area (TPSA) is 24.9 Å². The average molecular weight is 319 g/mol. The van der Waals surface area contributed by atoms with Crippen LogP contribution in [-0.2, 0) is 6.18 Å². The van der Waals surface area contributed by atoms with Gasteiger partial charge in [-0.05, 0) is 25.2 Å². The van der Waals surface area contributed by atoms with Crippen LogP contribution in [-0.4, -0.2) is 12.0 Å². The van der Waals surface area contributed by atoms with Gasteiger partial charge < -0.3 is 5.32 Å². The third-order valence-electron chi connectivity index (χ3n) is 3.05. The Balaban J connectivity index is 2.63. The van der Waals surface area contributed by atoms with Crippen molar-refractivity contribution in [3.63, 3.8) is 0 Å². The van der Waals surface area contributed by atoms with Gasteiger partial charge >= 0.3 is 6.18 Å². The van der Waals surface area contributed by atoms with Crippen molar-refractivity contribution in [2.45, 2.75) is 12.2 Å². The zero-order chi connectivity index (χ0) is 15.6. The molecule has 21 heavy (non-hydrogen) atoms. The molecule has 0 aliphatic rings. The van der Waals surface area contributed by atoms with Gasteiger partial charge in [0.15, 0.2) is 0 Å². The number of pyridine rings is 1. The zero-order valence-electron chi connectivity index (χ0n) is 10.9. The van der Waals surface area contributed by atoms with Crippen LogP contribution in [0.4, 0.5) is 17.6 Å². The van der Waals surface area contributed by atoms with E-state index in [2.05, 4.69) is 10.3 Å². The van der Waals surface area contributed by atoms with Crippen LogP contribution in [0.5, 0.6) is 0 Å². The number of hydrogen-bond acceptors (Lipinski definition) is 2. The van der Waals surface area contributed by atoms with E-state index in [1.165, 1.54) is 19.2 Å². The SMILES string of the molecule is CNC(c1cnccc1C(F)(F)F)c1c(F)cccc1Cl. The van der Waals surface area contributed by atoms with Crippen molar-refractivity contribution in [1.82, 2.24) is 10.3 Å². The monoisotopic (exact) mass is 318 g/mol. The van der Waals surface area contributed by atoms with Gasteiger partial charge in [0.25, 0.3) is 0 Å². The van der Waals surface area contributed by atoms with Crippen LogP contribution < -0.4 is 5.32 Å². The molecule has 0 amide bonds. The first-order chi connectivity index (χ1) is 9.86. The highest BCUT2D eigenvalue weighted by molar-refractivity contribution is 6.31. The molecule has 0 saturated carbocycles. The first kappa shape index (κ1) is 15.7. The number of nitrogens with zero attached hydrogens (tertiary/aromatic N) is 1. The Morgan fingerprint density at radius 3 is 2.52 bits per heavy atom. The molecule has 1 heterocycles. The third kappa shape index (κ3) is 3.16. The Morgan fingerprint density at radius 1 is 1.24 bits per heavy atom. The van der Waals surface area contributed by atoms with Gasteiger partial charge in [0.05, 0.1) is 11.6 Å². The lowest BCUT2D eigenvalue weighted by Gasteiger charge is -2.22. The van der Waals surface area contributed by atoms with Crippen molar-refractivity contribution in [1.29, 1.82) is 0 Å². The molecule has 7 heteroatoms. The average Bonchev–Trinajstić information content (AvgIpc) is 2.42. The fourth-order valence-corrected chi connectivity index (χ4v) is 2.41. The molecule has 0 aliphatic heterocycles.